The molecule has 1 aromatic rings. The van der Waals surface area contributed by atoms with Crippen LogP contribution in [0.1, 0.15) is 11.1 Å². The van der Waals surface area contributed by atoms with Gasteiger partial charge in [-0.1, -0.05) is 12.1 Å². The van der Waals surface area contributed by atoms with Gasteiger partial charge in [-0.15, -0.1) is 19.0 Å². The van der Waals surface area contributed by atoms with Crippen molar-refractivity contribution in [1.29, 1.82) is 0 Å². The number of carboxylic acid groups (broad SMARTS) is 1. The third-order valence-electron chi connectivity index (χ3n) is 2.11. The van der Waals surface area contributed by atoms with Crippen LogP contribution < -0.4 is 4.74 Å². The molecular weight excluding hydrogens is 285 g/mol. The number of carbonyl (C=O) groups is 1. The Labute approximate surface area is 114 Å². The fourth-order valence-corrected chi connectivity index (χ4v) is 1.33. The van der Waals surface area contributed by atoms with Gasteiger partial charge < -0.3 is 9.84 Å². The summed E-state index contributed by atoms with van der Waals surface area (Å²) in [5, 5.41) is 8.46. The van der Waals surface area contributed by atoms with E-state index in [1.54, 1.807) is 0 Å². The molecular formula is C12H12ClF3O3. The van der Waals surface area contributed by atoms with Crippen molar-refractivity contribution in [2.75, 3.05) is 6.61 Å². The van der Waals surface area contributed by atoms with E-state index in [-0.39, 0.29) is 18.2 Å². The van der Waals surface area contributed by atoms with Gasteiger partial charge in [0.15, 0.2) is 6.61 Å². The third kappa shape index (κ3) is 5.21. The highest BCUT2D eigenvalue weighted by atomic mass is 35.5. The number of allylic oxidation sites excluding steroid dienone is 1. The highest BCUT2D eigenvalue weighted by molar-refractivity contribution is 5.85. The number of alkyl halides is 3. The molecule has 0 aromatic heterocycles. The van der Waals surface area contributed by atoms with E-state index in [2.05, 4.69) is 6.58 Å². The molecule has 1 rings (SSSR count). The smallest absolute Gasteiger partial charge is 0.416 e. The molecule has 106 valence electrons. The van der Waals surface area contributed by atoms with E-state index >= 15 is 0 Å². The number of benzene rings is 1. The normalized spacial score (nSPS) is 10.5. The van der Waals surface area contributed by atoms with E-state index in [9.17, 15) is 18.0 Å². The van der Waals surface area contributed by atoms with Crippen LogP contribution in [0, 0.1) is 0 Å². The molecule has 19 heavy (non-hydrogen) atoms. The minimum atomic E-state index is -4.49. The first kappa shape index (κ1) is 17.3. The van der Waals surface area contributed by atoms with Gasteiger partial charge in [-0.25, -0.2) is 4.79 Å². The highest BCUT2D eigenvalue weighted by Crippen LogP contribution is 2.33. The van der Waals surface area contributed by atoms with Crippen molar-refractivity contribution in [1.82, 2.24) is 0 Å². The van der Waals surface area contributed by atoms with Gasteiger partial charge in [0.1, 0.15) is 5.75 Å². The molecule has 0 fully saturated rings. The maximum atomic E-state index is 12.5. The average Bonchev–Trinajstić information content (AvgIpc) is 2.26. The lowest BCUT2D eigenvalue weighted by atomic mass is 10.1. The lowest BCUT2D eigenvalue weighted by Gasteiger charge is -2.12. The Balaban J connectivity index is 0.00000324. The molecule has 0 amide bonds. The predicted octanol–water partition coefficient (Wildman–Crippen LogP) is 3.32. The van der Waals surface area contributed by atoms with E-state index in [1.807, 2.05) is 0 Å². The second-order valence-corrected chi connectivity index (χ2v) is 3.50. The molecule has 0 radical (unpaired) electrons. The van der Waals surface area contributed by atoms with Gasteiger partial charge in [0.05, 0.1) is 5.56 Å². The van der Waals surface area contributed by atoms with Crippen molar-refractivity contribution in [3.8, 4) is 5.75 Å². The first-order valence-electron chi connectivity index (χ1n) is 5.00. The number of halogens is 4. The number of hydrogen-bond donors (Lipinski definition) is 1. The summed E-state index contributed by atoms with van der Waals surface area (Å²) in [4.78, 5) is 10.4. The van der Waals surface area contributed by atoms with Gasteiger partial charge in [-0.05, 0) is 24.1 Å². The first-order valence-corrected chi connectivity index (χ1v) is 5.00. The maximum absolute atomic E-state index is 12.5. The summed E-state index contributed by atoms with van der Waals surface area (Å²) in [7, 11) is 0. The standard InChI is InChI=1S/C12H11F3O3.ClH/c1-2-3-8-4-5-9(12(13,14)15)6-10(8)18-7-11(16)17;/h2,4-6H,1,3,7H2,(H,16,17);1H. The SMILES string of the molecule is C=CCc1ccc(C(F)(F)F)cc1OCC(=O)O.Cl. The van der Waals surface area contributed by atoms with Crippen LogP contribution in [0.25, 0.3) is 0 Å². The number of hydrogen-bond acceptors (Lipinski definition) is 2. The van der Waals surface area contributed by atoms with Gasteiger partial charge >= 0.3 is 12.1 Å². The maximum Gasteiger partial charge on any atom is 0.416 e. The number of rotatable bonds is 5. The monoisotopic (exact) mass is 296 g/mol. The summed E-state index contributed by atoms with van der Waals surface area (Å²) < 4.78 is 42.3. The molecule has 0 bridgehead atoms. The van der Waals surface area contributed by atoms with Gasteiger partial charge in [0.2, 0.25) is 0 Å². The molecule has 0 aliphatic carbocycles. The molecule has 7 heteroatoms. The van der Waals surface area contributed by atoms with Crippen molar-refractivity contribution in [3.63, 3.8) is 0 Å². The van der Waals surface area contributed by atoms with E-state index in [0.29, 0.717) is 12.0 Å². The van der Waals surface area contributed by atoms with E-state index < -0.39 is 24.3 Å². The minimum Gasteiger partial charge on any atom is -0.482 e. The third-order valence-corrected chi connectivity index (χ3v) is 2.11. The zero-order valence-electron chi connectivity index (χ0n) is 9.74. The van der Waals surface area contributed by atoms with Gasteiger partial charge in [0, 0.05) is 0 Å². The molecule has 0 spiro atoms. The van der Waals surface area contributed by atoms with Gasteiger partial charge in [-0.2, -0.15) is 13.2 Å². The molecule has 1 aromatic carbocycles. The molecule has 0 saturated heterocycles. The molecule has 1 N–H and O–H groups in total. The van der Waals surface area contributed by atoms with E-state index in [1.165, 1.54) is 12.1 Å². The number of carboxylic acids is 1. The van der Waals surface area contributed by atoms with Crippen molar-refractivity contribution < 1.29 is 27.8 Å². The quantitative estimate of drug-likeness (QED) is 0.848. The Kier molecular flexibility index (Phi) is 6.41. The van der Waals surface area contributed by atoms with Crippen LogP contribution in [0.3, 0.4) is 0 Å². The summed E-state index contributed by atoms with van der Waals surface area (Å²) in [6.45, 7) is 2.78. The molecule has 0 aliphatic rings. The summed E-state index contributed by atoms with van der Waals surface area (Å²) in [6, 6.07) is 2.97. The van der Waals surface area contributed by atoms with Crippen LogP contribution in [0.15, 0.2) is 30.9 Å². The Morgan fingerprint density at radius 3 is 2.53 bits per heavy atom. The van der Waals surface area contributed by atoms with Crippen LogP contribution >= 0.6 is 12.4 Å². The van der Waals surface area contributed by atoms with Crippen LogP contribution in [-0.2, 0) is 17.4 Å². The summed E-state index contributed by atoms with van der Waals surface area (Å²) >= 11 is 0. The minimum absolute atomic E-state index is 0. The topological polar surface area (TPSA) is 46.5 Å². The van der Waals surface area contributed by atoms with Crippen LogP contribution in [-0.4, -0.2) is 17.7 Å². The first-order chi connectivity index (χ1) is 8.34. The zero-order valence-corrected chi connectivity index (χ0v) is 10.6. The van der Waals surface area contributed by atoms with Crippen molar-refractivity contribution in [2.45, 2.75) is 12.6 Å². The van der Waals surface area contributed by atoms with Crippen molar-refractivity contribution >= 4 is 18.4 Å². The Hall–Kier alpha value is -1.69. The zero-order chi connectivity index (χ0) is 13.8. The van der Waals surface area contributed by atoms with Crippen LogP contribution in [0.4, 0.5) is 13.2 Å². The summed E-state index contributed by atoms with van der Waals surface area (Å²) in [5.74, 6) is -1.34. The number of ether oxygens (including phenoxy) is 1. The van der Waals surface area contributed by atoms with Crippen LogP contribution in [0.2, 0.25) is 0 Å². The lowest BCUT2D eigenvalue weighted by molar-refractivity contribution is -0.139. The molecule has 3 nitrogen and oxygen atoms in total. The lowest BCUT2D eigenvalue weighted by Crippen LogP contribution is -2.12. The van der Waals surface area contributed by atoms with E-state index in [0.717, 1.165) is 12.1 Å². The molecule has 0 atom stereocenters. The molecule has 0 unspecified atom stereocenters. The fourth-order valence-electron chi connectivity index (χ4n) is 1.33. The number of aliphatic carboxylic acids is 1. The highest BCUT2D eigenvalue weighted by Gasteiger charge is 2.31. The average molecular weight is 297 g/mol. The predicted molar refractivity (Wildman–Crippen MR) is 65.7 cm³/mol. The second-order valence-electron chi connectivity index (χ2n) is 3.50. The summed E-state index contributed by atoms with van der Waals surface area (Å²) in [6.07, 6.45) is -2.70. The molecule has 0 saturated carbocycles. The second kappa shape index (κ2) is 7.04. The molecule has 0 heterocycles. The van der Waals surface area contributed by atoms with Gasteiger partial charge in [0.25, 0.3) is 0 Å². The Morgan fingerprint density at radius 2 is 2.05 bits per heavy atom. The van der Waals surface area contributed by atoms with Crippen molar-refractivity contribution in [2.24, 2.45) is 0 Å². The molecule has 0 aliphatic heterocycles. The van der Waals surface area contributed by atoms with Crippen molar-refractivity contribution in [3.05, 3.63) is 42.0 Å². The summed E-state index contributed by atoms with van der Waals surface area (Å²) in [5.41, 5.74) is -0.421. The largest absolute Gasteiger partial charge is 0.482 e. The van der Waals surface area contributed by atoms with Crippen LogP contribution in [0.5, 0.6) is 5.75 Å². The Bertz CT molecular complexity index is 458. The van der Waals surface area contributed by atoms with Gasteiger partial charge in [-0.3, -0.25) is 0 Å². The fraction of sp³-hybridized carbons (Fsp3) is 0.250. The van der Waals surface area contributed by atoms with E-state index in [4.69, 9.17) is 9.84 Å². The Morgan fingerprint density at radius 1 is 1.42 bits per heavy atom.